The van der Waals surface area contributed by atoms with Gasteiger partial charge >= 0.3 is 5.97 Å². The van der Waals surface area contributed by atoms with Crippen LogP contribution in [0.4, 0.5) is 0 Å². The molecular weight excluding hydrogens is 266 g/mol. The summed E-state index contributed by atoms with van der Waals surface area (Å²) in [5.41, 5.74) is -0.803. The molecule has 1 fully saturated rings. The lowest BCUT2D eigenvalue weighted by atomic mass is 9.94. The molecule has 0 bridgehead atoms. The Morgan fingerprint density at radius 1 is 1.63 bits per heavy atom. The molecule has 6 heteroatoms. The van der Waals surface area contributed by atoms with Crippen LogP contribution in [0.25, 0.3) is 0 Å². The Hall–Kier alpha value is -1.07. The smallest absolute Gasteiger partial charge is 0.323 e. The van der Waals surface area contributed by atoms with Crippen molar-refractivity contribution >= 4 is 17.6 Å². The summed E-state index contributed by atoms with van der Waals surface area (Å²) >= 11 is 5.78. The molecule has 0 amide bonds. The van der Waals surface area contributed by atoms with Crippen molar-refractivity contribution in [3.63, 3.8) is 0 Å². The Bertz CT molecular complexity index is 445. The van der Waals surface area contributed by atoms with Gasteiger partial charge in [0.1, 0.15) is 5.54 Å². The minimum atomic E-state index is -0.803. The lowest BCUT2D eigenvalue weighted by Crippen LogP contribution is -2.50. The normalized spacial score (nSPS) is 18.2. The molecule has 1 heterocycles. The molecule has 1 atom stereocenters. The quantitative estimate of drug-likeness (QED) is 0.719. The number of carboxylic acids is 1. The van der Waals surface area contributed by atoms with E-state index in [1.807, 2.05) is 0 Å². The van der Waals surface area contributed by atoms with Crippen molar-refractivity contribution < 1.29 is 9.90 Å². The van der Waals surface area contributed by atoms with Gasteiger partial charge in [-0.05, 0) is 39.0 Å². The first-order valence-corrected chi connectivity index (χ1v) is 7.06. The first-order chi connectivity index (χ1) is 8.99. The second kappa shape index (κ2) is 5.92. The number of nitrogens with one attached hydrogen (secondary N) is 1. The van der Waals surface area contributed by atoms with Crippen molar-refractivity contribution in [1.29, 1.82) is 0 Å². The molecule has 1 saturated carbocycles. The average molecular weight is 286 g/mol. The number of aliphatic carboxylic acids is 1. The molecule has 0 aromatic carbocycles. The Morgan fingerprint density at radius 2 is 2.37 bits per heavy atom. The molecule has 0 radical (unpaired) electrons. The van der Waals surface area contributed by atoms with E-state index in [1.54, 1.807) is 24.0 Å². The molecule has 2 rings (SSSR count). The van der Waals surface area contributed by atoms with Crippen molar-refractivity contribution in [1.82, 2.24) is 15.1 Å². The number of hydrogen-bond donors (Lipinski definition) is 2. The van der Waals surface area contributed by atoms with Crippen molar-refractivity contribution in [3.05, 3.63) is 17.4 Å². The lowest BCUT2D eigenvalue weighted by molar-refractivity contribution is -0.144. The highest BCUT2D eigenvalue weighted by Gasteiger charge is 2.37. The highest BCUT2D eigenvalue weighted by Crippen LogP contribution is 2.25. The number of unbranched alkanes of at least 4 members (excludes halogenated alkanes) is 1. The largest absolute Gasteiger partial charge is 0.480 e. The van der Waals surface area contributed by atoms with Crippen LogP contribution in [0.2, 0.25) is 5.02 Å². The van der Waals surface area contributed by atoms with Crippen molar-refractivity contribution in [2.45, 2.75) is 57.2 Å². The topological polar surface area (TPSA) is 67.2 Å². The summed E-state index contributed by atoms with van der Waals surface area (Å²) in [7, 11) is 0. The highest BCUT2D eigenvalue weighted by atomic mass is 35.5. The van der Waals surface area contributed by atoms with E-state index in [9.17, 15) is 9.90 Å². The standard InChI is InChI=1S/C13H20ClN3O2/c1-13(12(18)19,16-11-4-5-11)6-2-3-7-17-9-10(14)8-15-17/h8-9,11,16H,2-7H2,1H3,(H,18,19). The molecule has 1 aromatic heterocycles. The molecule has 2 N–H and O–H groups in total. The van der Waals surface area contributed by atoms with Gasteiger partial charge in [0.25, 0.3) is 0 Å². The van der Waals surface area contributed by atoms with Crippen LogP contribution in [0.3, 0.4) is 0 Å². The highest BCUT2D eigenvalue weighted by molar-refractivity contribution is 6.30. The fourth-order valence-corrected chi connectivity index (χ4v) is 2.29. The maximum absolute atomic E-state index is 11.4. The number of rotatable bonds is 8. The third kappa shape index (κ3) is 4.21. The minimum Gasteiger partial charge on any atom is -0.480 e. The second-order valence-electron chi connectivity index (χ2n) is 5.43. The molecule has 1 unspecified atom stereocenters. The number of aryl methyl sites for hydroxylation is 1. The Labute approximate surface area is 117 Å². The average Bonchev–Trinajstić information content (AvgIpc) is 3.05. The molecule has 1 aliphatic rings. The first-order valence-electron chi connectivity index (χ1n) is 6.69. The number of carbonyl (C=O) groups is 1. The van der Waals surface area contributed by atoms with Crippen LogP contribution >= 0.6 is 11.6 Å². The summed E-state index contributed by atoms with van der Waals surface area (Å²) < 4.78 is 1.79. The zero-order chi connectivity index (χ0) is 13.9. The molecule has 0 saturated heterocycles. The van der Waals surface area contributed by atoms with Gasteiger partial charge in [-0.3, -0.25) is 14.8 Å². The SMILES string of the molecule is CC(CCCCn1cc(Cl)cn1)(NC1CC1)C(=O)O. The molecule has 5 nitrogen and oxygen atoms in total. The van der Waals surface area contributed by atoms with E-state index < -0.39 is 11.5 Å². The van der Waals surface area contributed by atoms with Crippen LogP contribution < -0.4 is 5.32 Å². The number of halogens is 1. The fraction of sp³-hybridized carbons (Fsp3) is 0.692. The number of carboxylic acid groups (broad SMARTS) is 1. The van der Waals surface area contributed by atoms with Gasteiger partial charge in [-0.25, -0.2) is 0 Å². The van der Waals surface area contributed by atoms with Gasteiger partial charge in [0.2, 0.25) is 0 Å². The third-order valence-corrected chi connectivity index (χ3v) is 3.68. The second-order valence-corrected chi connectivity index (χ2v) is 5.87. The Kier molecular flexibility index (Phi) is 4.47. The van der Waals surface area contributed by atoms with Crippen LogP contribution in [0.5, 0.6) is 0 Å². The van der Waals surface area contributed by atoms with Crippen LogP contribution in [0.1, 0.15) is 39.0 Å². The van der Waals surface area contributed by atoms with E-state index in [0.29, 0.717) is 17.5 Å². The first kappa shape index (κ1) is 14.3. The molecule has 0 spiro atoms. The molecule has 0 aliphatic heterocycles. The predicted octanol–water partition coefficient (Wildman–Crippen LogP) is 2.30. The van der Waals surface area contributed by atoms with Crippen molar-refractivity contribution in [2.24, 2.45) is 0 Å². The number of aromatic nitrogens is 2. The summed E-state index contributed by atoms with van der Waals surface area (Å²) in [5.74, 6) is -0.762. The van der Waals surface area contributed by atoms with Crippen LogP contribution in [-0.2, 0) is 11.3 Å². The molecule has 1 aliphatic carbocycles. The Morgan fingerprint density at radius 3 is 2.89 bits per heavy atom. The maximum Gasteiger partial charge on any atom is 0.323 e. The summed E-state index contributed by atoms with van der Waals surface area (Å²) in [6.07, 6.45) is 7.95. The van der Waals surface area contributed by atoms with E-state index in [0.717, 1.165) is 32.2 Å². The summed E-state index contributed by atoms with van der Waals surface area (Å²) in [6.45, 7) is 2.55. The monoisotopic (exact) mass is 285 g/mol. The van der Waals surface area contributed by atoms with Crippen LogP contribution in [0.15, 0.2) is 12.4 Å². The van der Waals surface area contributed by atoms with Crippen LogP contribution in [-0.4, -0.2) is 32.4 Å². The van der Waals surface area contributed by atoms with Crippen molar-refractivity contribution in [2.75, 3.05) is 0 Å². The van der Waals surface area contributed by atoms with Gasteiger partial charge in [0, 0.05) is 18.8 Å². The lowest BCUT2D eigenvalue weighted by Gasteiger charge is -2.26. The zero-order valence-electron chi connectivity index (χ0n) is 11.1. The van der Waals surface area contributed by atoms with E-state index >= 15 is 0 Å². The summed E-state index contributed by atoms with van der Waals surface area (Å²) in [6, 6.07) is 0.394. The van der Waals surface area contributed by atoms with E-state index in [4.69, 9.17) is 11.6 Å². The fourth-order valence-electron chi connectivity index (χ4n) is 2.13. The van der Waals surface area contributed by atoms with Gasteiger partial charge in [-0.2, -0.15) is 5.10 Å². The number of hydrogen-bond acceptors (Lipinski definition) is 3. The maximum atomic E-state index is 11.4. The van der Waals surface area contributed by atoms with Gasteiger partial charge in [-0.1, -0.05) is 11.6 Å². The molecule has 1 aromatic rings. The van der Waals surface area contributed by atoms with E-state index in [-0.39, 0.29) is 0 Å². The zero-order valence-corrected chi connectivity index (χ0v) is 11.9. The third-order valence-electron chi connectivity index (χ3n) is 3.49. The summed E-state index contributed by atoms with van der Waals surface area (Å²) in [5, 5.41) is 17.3. The summed E-state index contributed by atoms with van der Waals surface area (Å²) in [4.78, 5) is 11.4. The minimum absolute atomic E-state index is 0.394. The van der Waals surface area contributed by atoms with Gasteiger partial charge in [0.05, 0.1) is 11.2 Å². The number of nitrogens with zero attached hydrogens (tertiary/aromatic N) is 2. The van der Waals surface area contributed by atoms with Gasteiger partial charge in [0.15, 0.2) is 0 Å². The van der Waals surface area contributed by atoms with Crippen molar-refractivity contribution in [3.8, 4) is 0 Å². The molecule has 19 heavy (non-hydrogen) atoms. The predicted molar refractivity (Wildman–Crippen MR) is 73.3 cm³/mol. The molecule has 106 valence electrons. The van der Waals surface area contributed by atoms with E-state index in [1.165, 1.54) is 0 Å². The Balaban J connectivity index is 1.74. The van der Waals surface area contributed by atoms with Gasteiger partial charge < -0.3 is 5.11 Å². The van der Waals surface area contributed by atoms with Crippen LogP contribution in [0, 0.1) is 0 Å². The van der Waals surface area contributed by atoms with Gasteiger partial charge in [-0.15, -0.1) is 0 Å². The molecular formula is C13H20ClN3O2. The van der Waals surface area contributed by atoms with E-state index in [2.05, 4.69) is 10.4 Å².